The highest BCUT2D eigenvalue weighted by Gasteiger charge is 2.20. The van der Waals surface area contributed by atoms with E-state index in [2.05, 4.69) is 41.9 Å². The number of nitrogens with zero attached hydrogens (tertiary/aromatic N) is 4. The maximum Gasteiger partial charge on any atom is 0.256 e. The molecule has 2 N–H and O–H groups in total. The number of aromatic nitrogens is 5. The van der Waals surface area contributed by atoms with Crippen LogP contribution < -0.4 is 5.32 Å². The SMILES string of the molecule is Cc1c(-c2ccccc2)nc2ccc(Br)cc2c1C(=O)Nc1ccc(-c2nn[nH]n2)cc1F. The minimum Gasteiger partial charge on any atom is -0.319 e. The van der Waals surface area contributed by atoms with Crippen molar-refractivity contribution in [2.75, 3.05) is 5.32 Å². The average Bonchev–Trinajstić information content (AvgIpc) is 3.35. The van der Waals surface area contributed by atoms with Crippen LogP contribution in [0.25, 0.3) is 33.5 Å². The standard InChI is InChI=1S/C24H16BrFN6O/c1-13-21(24(33)28-20-9-7-15(11-18(20)26)23-29-31-32-30-23)17-12-16(25)8-10-19(17)27-22(13)14-5-3-2-4-6-14/h2-12H,1H3,(H,28,33)(H,29,30,31,32). The average molecular weight is 503 g/mol. The van der Waals surface area contributed by atoms with Gasteiger partial charge in [-0.15, -0.1) is 10.2 Å². The summed E-state index contributed by atoms with van der Waals surface area (Å²) in [7, 11) is 0. The normalized spacial score (nSPS) is 11.0. The largest absolute Gasteiger partial charge is 0.319 e. The highest BCUT2D eigenvalue weighted by atomic mass is 79.9. The molecule has 7 nitrogen and oxygen atoms in total. The second kappa shape index (κ2) is 8.51. The van der Waals surface area contributed by atoms with E-state index in [0.717, 1.165) is 10.0 Å². The molecule has 0 saturated carbocycles. The van der Waals surface area contributed by atoms with Crippen molar-refractivity contribution in [1.82, 2.24) is 25.6 Å². The molecule has 0 fully saturated rings. The lowest BCUT2D eigenvalue weighted by molar-refractivity contribution is 0.102. The molecule has 5 rings (SSSR count). The van der Waals surface area contributed by atoms with Crippen LogP contribution in [-0.4, -0.2) is 31.5 Å². The molecule has 3 aromatic carbocycles. The number of fused-ring (bicyclic) bond motifs is 1. The van der Waals surface area contributed by atoms with Crippen LogP contribution in [0.2, 0.25) is 0 Å². The van der Waals surface area contributed by atoms with Crippen LogP contribution in [0.3, 0.4) is 0 Å². The quantitative estimate of drug-likeness (QED) is 0.336. The van der Waals surface area contributed by atoms with E-state index in [9.17, 15) is 9.18 Å². The summed E-state index contributed by atoms with van der Waals surface area (Å²) in [5, 5.41) is 16.9. The van der Waals surface area contributed by atoms with E-state index in [1.165, 1.54) is 12.1 Å². The van der Waals surface area contributed by atoms with E-state index in [4.69, 9.17) is 4.98 Å². The third-order valence-electron chi connectivity index (χ3n) is 5.29. The Kier molecular flexibility index (Phi) is 5.39. The Morgan fingerprint density at radius 3 is 2.58 bits per heavy atom. The van der Waals surface area contributed by atoms with Crippen LogP contribution in [0, 0.1) is 12.7 Å². The van der Waals surface area contributed by atoms with Crippen molar-refractivity contribution < 1.29 is 9.18 Å². The predicted molar refractivity (Wildman–Crippen MR) is 127 cm³/mol. The Morgan fingerprint density at radius 2 is 1.85 bits per heavy atom. The first kappa shape index (κ1) is 20.9. The number of pyridine rings is 1. The third-order valence-corrected chi connectivity index (χ3v) is 5.78. The number of aromatic amines is 1. The number of benzene rings is 3. The fourth-order valence-electron chi connectivity index (χ4n) is 3.72. The molecule has 162 valence electrons. The van der Waals surface area contributed by atoms with Gasteiger partial charge in [0.15, 0.2) is 0 Å². The summed E-state index contributed by atoms with van der Waals surface area (Å²) in [6, 6.07) is 19.6. The maximum atomic E-state index is 14.8. The van der Waals surface area contributed by atoms with Crippen molar-refractivity contribution >= 4 is 38.4 Å². The number of hydrogen-bond acceptors (Lipinski definition) is 5. The molecule has 1 amide bonds. The third kappa shape index (κ3) is 3.98. The second-order valence-electron chi connectivity index (χ2n) is 7.37. The summed E-state index contributed by atoms with van der Waals surface area (Å²) in [5.74, 6) is -0.771. The number of nitrogens with one attached hydrogen (secondary N) is 2. The van der Waals surface area contributed by atoms with Gasteiger partial charge < -0.3 is 5.32 Å². The van der Waals surface area contributed by atoms with Crippen molar-refractivity contribution in [2.24, 2.45) is 0 Å². The Balaban J connectivity index is 1.59. The van der Waals surface area contributed by atoms with Gasteiger partial charge in [0, 0.05) is 21.0 Å². The van der Waals surface area contributed by atoms with E-state index in [1.807, 2.05) is 55.5 Å². The van der Waals surface area contributed by atoms with E-state index in [-0.39, 0.29) is 11.5 Å². The zero-order valence-corrected chi connectivity index (χ0v) is 18.9. The molecule has 33 heavy (non-hydrogen) atoms. The Hall–Kier alpha value is -3.98. The van der Waals surface area contributed by atoms with Gasteiger partial charge in [0.25, 0.3) is 5.91 Å². The van der Waals surface area contributed by atoms with E-state index in [0.29, 0.717) is 33.3 Å². The molecular formula is C24H16BrFN6O. The predicted octanol–water partition coefficient (Wildman–Crippen LogP) is 5.54. The van der Waals surface area contributed by atoms with Crippen molar-refractivity contribution in [3.05, 3.63) is 88.1 Å². The van der Waals surface area contributed by atoms with Crippen LogP contribution in [0.5, 0.6) is 0 Å². The summed E-state index contributed by atoms with van der Waals surface area (Å²) in [6.45, 7) is 1.85. The van der Waals surface area contributed by atoms with Crippen LogP contribution in [0.1, 0.15) is 15.9 Å². The molecule has 2 aromatic heterocycles. The first-order chi connectivity index (χ1) is 16.0. The summed E-state index contributed by atoms with van der Waals surface area (Å²) in [4.78, 5) is 18.2. The number of anilines is 1. The summed E-state index contributed by atoms with van der Waals surface area (Å²) in [5.41, 5.74) is 3.89. The number of halogens is 2. The smallest absolute Gasteiger partial charge is 0.256 e. The molecule has 0 radical (unpaired) electrons. The number of H-pyrrole nitrogens is 1. The first-order valence-electron chi connectivity index (χ1n) is 10.0. The van der Waals surface area contributed by atoms with Gasteiger partial charge in [-0.3, -0.25) is 4.79 Å². The van der Waals surface area contributed by atoms with Gasteiger partial charge in [0.2, 0.25) is 5.82 Å². The highest BCUT2D eigenvalue weighted by molar-refractivity contribution is 9.10. The molecular weight excluding hydrogens is 487 g/mol. The molecule has 0 unspecified atom stereocenters. The fourth-order valence-corrected chi connectivity index (χ4v) is 4.09. The number of rotatable bonds is 4. The van der Waals surface area contributed by atoms with Crippen molar-refractivity contribution in [2.45, 2.75) is 6.92 Å². The van der Waals surface area contributed by atoms with Crippen molar-refractivity contribution in [3.8, 4) is 22.6 Å². The molecule has 9 heteroatoms. The van der Waals surface area contributed by atoms with Gasteiger partial charge in [-0.25, -0.2) is 9.37 Å². The van der Waals surface area contributed by atoms with Gasteiger partial charge in [-0.2, -0.15) is 5.21 Å². The minimum absolute atomic E-state index is 0.0489. The number of hydrogen-bond donors (Lipinski definition) is 2. The molecule has 0 spiro atoms. The van der Waals surface area contributed by atoms with Gasteiger partial charge in [0.1, 0.15) is 5.82 Å². The van der Waals surface area contributed by atoms with Crippen LogP contribution in [0.15, 0.2) is 71.2 Å². The van der Waals surface area contributed by atoms with E-state index in [1.54, 1.807) is 6.07 Å². The topological polar surface area (TPSA) is 96.5 Å². The van der Waals surface area contributed by atoms with Crippen LogP contribution in [-0.2, 0) is 0 Å². The van der Waals surface area contributed by atoms with Crippen molar-refractivity contribution in [1.29, 1.82) is 0 Å². The van der Waals surface area contributed by atoms with Crippen LogP contribution in [0.4, 0.5) is 10.1 Å². The molecule has 0 aliphatic carbocycles. The molecule has 0 aliphatic heterocycles. The lowest BCUT2D eigenvalue weighted by atomic mass is 9.97. The zero-order chi connectivity index (χ0) is 22.9. The maximum absolute atomic E-state index is 14.8. The summed E-state index contributed by atoms with van der Waals surface area (Å²) in [6.07, 6.45) is 0. The van der Waals surface area contributed by atoms with Gasteiger partial charge in [-0.05, 0) is 54.1 Å². The number of carbonyl (C=O) groups excluding carboxylic acids is 1. The fraction of sp³-hybridized carbons (Fsp3) is 0.0417. The number of carbonyl (C=O) groups is 1. The van der Waals surface area contributed by atoms with Gasteiger partial charge in [0.05, 0.1) is 22.5 Å². The Labute approximate surface area is 196 Å². The highest BCUT2D eigenvalue weighted by Crippen LogP contribution is 2.32. The minimum atomic E-state index is -0.605. The van der Waals surface area contributed by atoms with E-state index < -0.39 is 11.7 Å². The summed E-state index contributed by atoms with van der Waals surface area (Å²) >= 11 is 3.47. The summed E-state index contributed by atoms with van der Waals surface area (Å²) < 4.78 is 15.6. The monoisotopic (exact) mass is 502 g/mol. The lowest BCUT2D eigenvalue weighted by Crippen LogP contribution is -2.16. The molecule has 0 bridgehead atoms. The van der Waals surface area contributed by atoms with Crippen LogP contribution >= 0.6 is 15.9 Å². The number of amides is 1. The second-order valence-corrected chi connectivity index (χ2v) is 8.29. The molecule has 5 aromatic rings. The Morgan fingerprint density at radius 1 is 1.03 bits per heavy atom. The van der Waals surface area contributed by atoms with Gasteiger partial charge >= 0.3 is 0 Å². The lowest BCUT2D eigenvalue weighted by Gasteiger charge is -2.15. The van der Waals surface area contributed by atoms with E-state index >= 15 is 0 Å². The first-order valence-corrected chi connectivity index (χ1v) is 10.8. The van der Waals surface area contributed by atoms with Gasteiger partial charge in [-0.1, -0.05) is 46.3 Å². The zero-order valence-electron chi connectivity index (χ0n) is 17.3. The molecule has 0 aliphatic rings. The molecule has 0 saturated heterocycles. The van der Waals surface area contributed by atoms with Crippen molar-refractivity contribution in [3.63, 3.8) is 0 Å². The Bertz CT molecular complexity index is 1490. The molecule has 0 atom stereocenters. The number of tetrazole rings is 1. The molecule has 2 heterocycles.